The zero-order valence-electron chi connectivity index (χ0n) is 15.7. The molecule has 142 valence electrons. The van der Waals surface area contributed by atoms with E-state index in [0.717, 1.165) is 36.5 Å². The van der Waals surface area contributed by atoms with Crippen molar-refractivity contribution in [1.82, 2.24) is 20.3 Å². The number of aromatic nitrogens is 2. The van der Waals surface area contributed by atoms with Gasteiger partial charge in [-0.3, -0.25) is 10.2 Å². The molecule has 4 N–H and O–H groups in total. The zero-order chi connectivity index (χ0) is 19.2. The lowest BCUT2D eigenvalue weighted by atomic mass is 10.2. The monoisotopic (exact) mass is 367 g/mol. The molecule has 1 heterocycles. The highest BCUT2D eigenvalue weighted by Gasteiger charge is 2.14. The first-order chi connectivity index (χ1) is 13.2. The predicted octanol–water partition coefficient (Wildman–Crippen LogP) is 2.55. The van der Waals surface area contributed by atoms with E-state index in [1.165, 1.54) is 0 Å². The van der Waals surface area contributed by atoms with Gasteiger partial charge in [-0.25, -0.2) is 10.8 Å². The van der Waals surface area contributed by atoms with Crippen LogP contribution in [0.5, 0.6) is 5.75 Å². The summed E-state index contributed by atoms with van der Waals surface area (Å²) >= 11 is 0. The van der Waals surface area contributed by atoms with Crippen LogP contribution in [0.1, 0.15) is 24.2 Å². The Hall–Kier alpha value is -2.90. The number of nitrogens with zero attached hydrogens (tertiary/aromatic N) is 2. The summed E-state index contributed by atoms with van der Waals surface area (Å²) in [5.74, 6) is 6.36. The average Bonchev–Trinajstić information content (AvgIpc) is 3.15. The molecule has 0 aliphatic carbocycles. The molecule has 0 saturated heterocycles. The smallest absolute Gasteiger partial charge is 0.267 e. The Morgan fingerprint density at radius 3 is 2.74 bits per heavy atom. The first-order valence-electron chi connectivity index (χ1n) is 9.11. The van der Waals surface area contributed by atoms with E-state index in [-0.39, 0.29) is 5.91 Å². The van der Waals surface area contributed by atoms with Crippen molar-refractivity contribution in [3.05, 3.63) is 48.0 Å². The third-order valence-electron chi connectivity index (χ3n) is 4.57. The Kier molecular flexibility index (Phi) is 6.05. The van der Waals surface area contributed by atoms with E-state index in [1.54, 1.807) is 12.1 Å². The van der Waals surface area contributed by atoms with E-state index in [1.807, 2.05) is 30.3 Å². The van der Waals surface area contributed by atoms with Crippen LogP contribution in [0.15, 0.2) is 42.5 Å². The number of rotatable bonds is 8. The van der Waals surface area contributed by atoms with Crippen LogP contribution >= 0.6 is 0 Å². The van der Waals surface area contributed by atoms with Gasteiger partial charge in [-0.15, -0.1) is 0 Å². The number of hydrazine groups is 1. The number of hydrogen-bond donors (Lipinski definition) is 3. The van der Waals surface area contributed by atoms with E-state index in [2.05, 4.69) is 34.1 Å². The number of benzene rings is 2. The molecule has 7 nitrogen and oxygen atoms in total. The van der Waals surface area contributed by atoms with E-state index in [9.17, 15) is 4.79 Å². The van der Waals surface area contributed by atoms with Gasteiger partial charge in [-0.05, 0) is 37.4 Å². The largest absolute Gasteiger partial charge is 0.492 e. The summed E-state index contributed by atoms with van der Waals surface area (Å²) in [7, 11) is 0. The number of ether oxygens (including phenoxy) is 1. The van der Waals surface area contributed by atoms with Crippen LogP contribution in [0.2, 0.25) is 0 Å². The number of H-pyrrole nitrogens is 1. The minimum absolute atomic E-state index is 0.368. The Labute approximate surface area is 158 Å². The highest BCUT2D eigenvalue weighted by atomic mass is 16.5. The van der Waals surface area contributed by atoms with Gasteiger partial charge in [-0.1, -0.05) is 32.0 Å². The number of aromatic amines is 1. The predicted molar refractivity (Wildman–Crippen MR) is 106 cm³/mol. The maximum Gasteiger partial charge on any atom is 0.267 e. The standard InChI is InChI=1S/C20H25N5O2/c1-3-25(4-2)11-12-27-15-8-5-7-14(13-15)19-22-17-10-6-9-16(18(17)23-19)20(26)24-21/h5-10,13H,3-4,11-12,21H2,1-2H3,(H,22,23)(H,24,26). The molecule has 0 spiro atoms. The van der Waals surface area contributed by atoms with Crippen LogP contribution in [0.4, 0.5) is 0 Å². The molecule has 0 saturated carbocycles. The van der Waals surface area contributed by atoms with E-state index in [4.69, 9.17) is 10.6 Å². The van der Waals surface area contributed by atoms with Gasteiger partial charge in [0.25, 0.3) is 5.91 Å². The summed E-state index contributed by atoms with van der Waals surface area (Å²) in [6, 6.07) is 13.1. The van der Waals surface area contributed by atoms with Crippen molar-refractivity contribution < 1.29 is 9.53 Å². The number of nitrogen functional groups attached to an aromatic ring is 1. The number of hydrogen-bond acceptors (Lipinski definition) is 5. The second kappa shape index (κ2) is 8.66. The summed E-state index contributed by atoms with van der Waals surface area (Å²) in [5, 5.41) is 0. The van der Waals surface area contributed by atoms with Crippen molar-refractivity contribution in [2.75, 3.05) is 26.2 Å². The van der Waals surface area contributed by atoms with Gasteiger partial charge < -0.3 is 14.6 Å². The fourth-order valence-electron chi connectivity index (χ4n) is 3.00. The number of para-hydroxylation sites is 1. The molecule has 0 aliphatic rings. The molecule has 3 aromatic rings. The zero-order valence-corrected chi connectivity index (χ0v) is 15.7. The van der Waals surface area contributed by atoms with Crippen LogP contribution in [-0.4, -0.2) is 47.0 Å². The molecular formula is C20H25N5O2. The molecule has 0 fully saturated rings. The van der Waals surface area contributed by atoms with Gasteiger partial charge in [0.1, 0.15) is 23.7 Å². The summed E-state index contributed by atoms with van der Waals surface area (Å²) in [5.41, 5.74) is 4.85. The topological polar surface area (TPSA) is 96.3 Å². The van der Waals surface area contributed by atoms with Crippen LogP contribution in [0.3, 0.4) is 0 Å². The summed E-state index contributed by atoms with van der Waals surface area (Å²) in [6.07, 6.45) is 0. The molecule has 0 unspecified atom stereocenters. The molecule has 7 heteroatoms. The highest BCUT2D eigenvalue weighted by molar-refractivity contribution is 6.05. The van der Waals surface area contributed by atoms with Gasteiger partial charge in [0, 0.05) is 12.1 Å². The lowest BCUT2D eigenvalue weighted by Crippen LogP contribution is -2.30. The van der Waals surface area contributed by atoms with Crippen LogP contribution in [0, 0.1) is 0 Å². The van der Waals surface area contributed by atoms with Crippen molar-refractivity contribution in [3.63, 3.8) is 0 Å². The van der Waals surface area contributed by atoms with Gasteiger partial charge in [-0.2, -0.15) is 0 Å². The summed E-state index contributed by atoms with van der Waals surface area (Å²) < 4.78 is 5.89. The molecule has 0 aliphatic heterocycles. The van der Waals surface area contributed by atoms with Gasteiger partial charge in [0.2, 0.25) is 0 Å². The van der Waals surface area contributed by atoms with Crippen molar-refractivity contribution in [1.29, 1.82) is 0 Å². The van der Waals surface area contributed by atoms with Crippen molar-refractivity contribution >= 4 is 16.9 Å². The number of nitrogens with one attached hydrogen (secondary N) is 2. The summed E-state index contributed by atoms with van der Waals surface area (Å²) in [4.78, 5) is 22.1. The van der Waals surface area contributed by atoms with Crippen LogP contribution < -0.4 is 16.0 Å². The van der Waals surface area contributed by atoms with Crippen molar-refractivity contribution in [3.8, 4) is 17.1 Å². The van der Waals surface area contributed by atoms with Gasteiger partial charge in [0.15, 0.2) is 0 Å². The Morgan fingerprint density at radius 2 is 2.00 bits per heavy atom. The molecule has 27 heavy (non-hydrogen) atoms. The van der Waals surface area contributed by atoms with Crippen molar-refractivity contribution in [2.24, 2.45) is 5.84 Å². The quantitative estimate of drug-likeness (QED) is 0.323. The SMILES string of the molecule is CCN(CC)CCOc1cccc(-c2nc3c(C(=O)NN)cccc3[nH]2)c1. The van der Waals surface area contributed by atoms with E-state index in [0.29, 0.717) is 23.5 Å². The lowest BCUT2D eigenvalue weighted by molar-refractivity contribution is 0.0955. The number of amides is 1. The maximum absolute atomic E-state index is 11.9. The number of nitrogens with two attached hydrogens (primary N) is 1. The van der Waals surface area contributed by atoms with Crippen molar-refractivity contribution in [2.45, 2.75) is 13.8 Å². The Morgan fingerprint density at radius 1 is 1.22 bits per heavy atom. The molecule has 1 aromatic heterocycles. The molecule has 3 rings (SSSR count). The molecule has 1 amide bonds. The average molecular weight is 367 g/mol. The molecule has 0 bridgehead atoms. The third kappa shape index (κ3) is 4.27. The fraction of sp³-hybridized carbons (Fsp3) is 0.300. The minimum Gasteiger partial charge on any atom is -0.492 e. The fourth-order valence-corrected chi connectivity index (χ4v) is 3.00. The number of carbonyl (C=O) groups is 1. The lowest BCUT2D eigenvalue weighted by Gasteiger charge is -2.18. The number of fused-ring (bicyclic) bond motifs is 1. The number of likely N-dealkylation sites (N-methyl/N-ethyl adjacent to an activating group) is 1. The minimum atomic E-state index is -0.368. The highest BCUT2D eigenvalue weighted by Crippen LogP contribution is 2.25. The molecule has 0 atom stereocenters. The van der Waals surface area contributed by atoms with Gasteiger partial charge in [0.05, 0.1) is 11.1 Å². The number of imidazole rings is 1. The second-order valence-corrected chi connectivity index (χ2v) is 6.16. The Bertz CT molecular complexity index is 918. The summed E-state index contributed by atoms with van der Waals surface area (Å²) in [6.45, 7) is 7.83. The molecule has 0 radical (unpaired) electrons. The molecular weight excluding hydrogens is 342 g/mol. The number of carbonyl (C=O) groups excluding carboxylic acids is 1. The Balaban J connectivity index is 1.81. The first kappa shape index (κ1) is 18.9. The first-order valence-corrected chi connectivity index (χ1v) is 9.11. The maximum atomic E-state index is 11.9. The normalized spacial score (nSPS) is 11.1. The molecule has 2 aromatic carbocycles. The van der Waals surface area contributed by atoms with Crippen LogP contribution in [-0.2, 0) is 0 Å². The van der Waals surface area contributed by atoms with E-state index >= 15 is 0 Å². The van der Waals surface area contributed by atoms with Gasteiger partial charge >= 0.3 is 0 Å². The third-order valence-corrected chi connectivity index (χ3v) is 4.57. The van der Waals surface area contributed by atoms with Crippen LogP contribution in [0.25, 0.3) is 22.4 Å². The van der Waals surface area contributed by atoms with E-state index < -0.39 is 0 Å². The second-order valence-electron chi connectivity index (χ2n) is 6.16.